The molecule has 5 rings (SSSR count). The van der Waals surface area contributed by atoms with Crippen LogP contribution < -0.4 is 10.9 Å². The van der Waals surface area contributed by atoms with Gasteiger partial charge in [-0.25, -0.2) is 4.52 Å². The molecule has 29 heavy (non-hydrogen) atoms. The van der Waals surface area contributed by atoms with Crippen LogP contribution in [-0.4, -0.2) is 26.1 Å². The van der Waals surface area contributed by atoms with Crippen LogP contribution in [0.5, 0.6) is 0 Å². The van der Waals surface area contributed by atoms with E-state index in [2.05, 4.69) is 10.4 Å². The van der Waals surface area contributed by atoms with Crippen molar-refractivity contribution in [1.82, 2.24) is 19.5 Å². The zero-order chi connectivity index (χ0) is 19.8. The summed E-state index contributed by atoms with van der Waals surface area (Å²) in [5.74, 6) is -0.00655. The van der Waals surface area contributed by atoms with E-state index in [0.717, 1.165) is 60.9 Å². The molecule has 2 aromatic heterocycles. The van der Waals surface area contributed by atoms with Crippen molar-refractivity contribution in [2.24, 2.45) is 0 Å². The molecule has 1 N–H and O–H groups in total. The van der Waals surface area contributed by atoms with Crippen molar-refractivity contribution in [1.29, 1.82) is 0 Å². The van der Waals surface area contributed by atoms with E-state index in [0.29, 0.717) is 18.2 Å². The zero-order valence-electron chi connectivity index (χ0n) is 16.6. The highest BCUT2D eigenvalue weighted by molar-refractivity contribution is 5.94. The Labute approximate surface area is 169 Å². The Balaban J connectivity index is 1.36. The topological polar surface area (TPSA) is 68.4 Å². The van der Waals surface area contributed by atoms with Crippen LogP contribution >= 0.6 is 0 Å². The normalized spacial score (nSPS) is 16.8. The van der Waals surface area contributed by atoms with Crippen LogP contribution in [0, 0.1) is 0 Å². The summed E-state index contributed by atoms with van der Waals surface area (Å²) in [7, 11) is 0. The van der Waals surface area contributed by atoms with Gasteiger partial charge in [-0.1, -0.05) is 25.0 Å². The molecule has 1 aromatic carbocycles. The monoisotopic (exact) mass is 390 g/mol. The van der Waals surface area contributed by atoms with Gasteiger partial charge in [0.1, 0.15) is 5.52 Å². The van der Waals surface area contributed by atoms with Crippen molar-refractivity contribution >= 4 is 11.4 Å². The lowest BCUT2D eigenvalue weighted by atomic mass is 9.97. The first-order chi connectivity index (χ1) is 14.2. The summed E-state index contributed by atoms with van der Waals surface area (Å²) in [6.45, 7) is 0.486. The van der Waals surface area contributed by atoms with Gasteiger partial charge in [-0.05, 0) is 56.2 Å². The van der Waals surface area contributed by atoms with E-state index in [1.165, 1.54) is 12.8 Å². The minimum absolute atomic E-state index is 0.00574. The molecule has 2 aliphatic rings. The van der Waals surface area contributed by atoms with Gasteiger partial charge in [0, 0.05) is 29.6 Å². The quantitative estimate of drug-likeness (QED) is 0.744. The molecule has 0 saturated heterocycles. The van der Waals surface area contributed by atoms with E-state index in [9.17, 15) is 9.59 Å². The highest BCUT2D eigenvalue weighted by Gasteiger charge is 2.20. The second-order valence-electron chi connectivity index (χ2n) is 8.31. The van der Waals surface area contributed by atoms with Crippen molar-refractivity contribution in [2.75, 3.05) is 0 Å². The Morgan fingerprint density at radius 2 is 1.79 bits per heavy atom. The number of hydrogen-bond acceptors (Lipinski definition) is 3. The van der Waals surface area contributed by atoms with Gasteiger partial charge in [0.25, 0.3) is 11.5 Å². The number of nitrogens with one attached hydrogen (secondary N) is 1. The number of aromatic nitrogens is 3. The van der Waals surface area contributed by atoms with E-state index < -0.39 is 0 Å². The number of carbonyl (C=O) groups is 1. The van der Waals surface area contributed by atoms with Gasteiger partial charge in [0.15, 0.2) is 0 Å². The molecular formula is C23H26N4O2. The van der Waals surface area contributed by atoms with Crippen LogP contribution in [0.15, 0.2) is 41.5 Å². The largest absolute Gasteiger partial charge is 0.349 e. The molecule has 0 atom stereocenters. The number of amides is 1. The maximum absolute atomic E-state index is 13.1. The molecule has 2 aliphatic carbocycles. The first-order valence-electron chi connectivity index (χ1n) is 10.7. The molecule has 0 radical (unpaired) electrons. The minimum atomic E-state index is -0.00655. The molecule has 3 aromatic rings. The van der Waals surface area contributed by atoms with Gasteiger partial charge in [0.05, 0.1) is 12.2 Å². The molecule has 1 amide bonds. The van der Waals surface area contributed by atoms with E-state index in [4.69, 9.17) is 0 Å². The van der Waals surface area contributed by atoms with Gasteiger partial charge >= 0.3 is 0 Å². The first kappa shape index (κ1) is 18.2. The summed E-state index contributed by atoms with van der Waals surface area (Å²) in [6.07, 6.45) is 12.4. The van der Waals surface area contributed by atoms with Crippen LogP contribution in [0.2, 0.25) is 0 Å². The third kappa shape index (κ3) is 3.48. The molecule has 150 valence electrons. The van der Waals surface area contributed by atoms with Crippen molar-refractivity contribution < 1.29 is 4.79 Å². The minimum Gasteiger partial charge on any atom is -0.349 e. The van der Waals surface area contributed by atoms with Crippen LogP contribution in [-0.2, 0) is 19.4 Å². The Morgan fingerprint density at radius 3 is 2.59 bits per heavy atom. The summed E-state index contributed by atoms with van der Waals surface area (Å²) in [6, 6.07) is 7.89. The van der Waals surface area contributed by atoms with Gasteiger partial charge < -0.3 is 9.88 Å². The van der Waals surface area contributed by atoms with E-state index in [1.807, 2.05) is 30.5 Å². The van der Waals surface area contributed by atoms with Crippen molar-refractivity contribution in [3.63, 3.8) is 0 Å². The summed E-state index contributed by atoms with van der Waals surface area (Å²) >= 11 is 0. The van der Waals surface area contributed by atoms with Gasteiger partial charge in [-0.2, -0.15) is 5.10 Å². The number of rotatable bonds is 4. The number of nitrogens with zero attached hydrogens (tertiary/aromatic N) is 3. The maximum Gasteiger partial charge on any atom is 0.277 e. The Morgan fingerprint density at radius 1 is 1.03 bits per heavy atom. The first-order valence-corrected chi connectivity index (χ1v) is 10.7. The number of carbonyl (C=O) groups excluding carboxylic acids is 1. The van der Waals surface area contributed by atoms with E-state index >= 15 is 0 Å². The second-order valence-corrected chi connectivity index (χ2v) is 8.31. The van der Waals surface area contributed by atoms with Crippen molar-refractivity contribution in [3.05, 3.63) is 69.4 Å². The molecule has 2 heterocycles. The highest BCUT2D eigenvalue weighted by Crippen LogP contribution is 2.23. The van der Waals surface area contributed by atoms with Crippen LogP contribution in [0.1, 0.15) is 65.7 Å². The summed E-state index contributed by atoms with van der Waals surface area (Å²) in [5.41, 5.74) is 4.59. The van der Waals surface area contributed by atoms with Gasteiger partial charge in [-0.15, -0.1) is 0 Å². The Hall–Kier alpha value is -2.89. The molecule has 0 aliphatic heterocycles. The van der Waals surface area contributed by atoms with E-state index in [-0.39, 0.29) is 11.5 Å². The molecule has 1 fully saturated rings. The third-order valence-corrected chi connectivity index (χ3v) is 6.29. The lowest BCUT2D eigenvalue weighted by molar-refractivity contribution is 0.0938. The Kier molecular flexibility index (Phi) is 4.70. The predicted octanol–water partition coefficient (Wildman–Crippen LogP) is 3.10. The molecule has 0 unspecified atom stereocenters. The summed E-state index contributed by atoms with van der Waals surface area (Å²) in [5, 5.41) is 7.71. The third-order valence-electron chi connectivity index (χ3n) is 6.29. The molecular weight excluding hydrogens is 364 g/mol. The fraction of sp³-hybridized carbons (Fsp3) is 0.435. The zero-order valence-corrected chi connectivity index (χ0v) is 16.6. The van der Waals surface area contributed by atoms with Gasteiger partial charge in [0.2, 0.25) is 0 Å². The number of aryl methyl sites for hydroxylation is 2. The molecule has 1 saturated carbocycles. The fourth-order valence-electron chi connectivity index (χ4n) is 4.68. The second kappa shape index (κ2) is 7.50. The smallest absolute Gasteiger partial charge is 0.277 e. The molecule has 0 bridgehead atoms. The molecule has 0 spiro atoms. The van der Waals surface area contributed by atoms with Crippen LogP contribution in [0.25, 0.3) is 5.52 Å². The lowest BCUT2D eigenvalue weighted by Gasteiger charge is -2.12. The van der Waals surface area contributed by atoms with Crippen LogP contribution in [0.3, 0.4) is 0 Å². The number of benzene rings is 1. The van der Waals surface area contributed by atoms with Crippen molar-refractivity contribution in [2.45, 2.75) is 64.0 Å². The molecule has 6 heteroatoms. The highest BCUT2D eigenvalue weighted by atomic mass is 16.1. The SMILES string of the molecule is O=C(NC1CCCC1)c1ccc(Cn2ccn3nc4c(c3c2=O)CCCC4)cc1. The van der Waals surface area contributed by atoms with Crippen LogP contribution in [0.4, 0.5) is 0 Å². The average Bonchev–Trinajstić information content (AvgIpc) is 3.38. The Bertz CT molecular complexity index is 1100. The van der Waals surface area contributed by atoms with E-state index in [1.54, 1.807) is 15.3 Å². The maximum atomic E-state index is 13.1. The summed E-state index contributed by atoms with van der Waals surface area (Å²) < 4.78 is 3.48. The molecule has 6 nitrogen and oxygen atoms in total. The number of hydrogen-bond donors (Lipinski definition) is 1. The number of fused-ring (bicyclic) bond motifs is 3. The standard InChI is InChI=1S/C23H26N4O2/c28-22(24-18-5-1-2-6-18)17-11-9-16(10-12-17)15-26-13-14-27-21(23(26)29)19-7-3-4-8-20(19)25-27/h9-14,18H,1-8,15H2,(H,24,28). The summed E-state index contributed by atoms with van der Waals surface area (Å²) in [4.78, 5) is 25.5. The average molecular weight is 390 g/mol. The fourth-order valence-corrected chi connectivity index (χ4v) is 4.68. The van der Waals surface area contributed by atoms with Crippen molar-refractivity contribution in [3.8, 4) is 0 Å². The van der Waals surface area contributed by atoms with Gasteiger partial charge in [-0.3, -0.25) is 9.59 Å². The lowest BCUT2D eigenvalue weighted by Crippen LogP contribution is -2.32. The predicted molar refractivity (Wildman–Crippen MR) is 111 cm³/mol.